The largest absolute Gasteiger partial charge is 0.385 e. The molecule has 1 aromatic heterocycles. The first kappa shape index (κ1) is 15.6. The molecule has 0 N–H and O–H groups in total. The number of aromatic nitrogens is 4. The average Bonchev–Trinajstić information content (AvgIpc) is 2.93. The number of rotatable bonds is 8. The van der Waals surface area contributed by atoms with Crippen molar-refractivity contribution in [2.24, 2.45) is 0 Å². The Hall–Kier alpha value is -1.80. The van der Waals surface area contributed by atoms with Crippen molar-refractivity contribution in [3.8, 4) is 0 Å². The van der Waals surface area contributed by atoms with E-state index in [1.54, 1.807) is 11.8 Å². The fourth-order valence-electron chi connectivity index (χ4n) is 1.65. The van der Waals surface area contributed by atoms with Crippen LogP contribution in [0.15, 0.2) is 29.4 Å². The van der Waals surface area contributed by atoms with E-state index in [1.165, 1.54) is 36.0 Å². The van der Waals surface area contributed by atoms with E-state index in [-0.39, 0.29) is 17.4 Å². The van der Waals surface area contributed by atoms with Crippen LogP contribution in [0.1, 0.15) is 16.8 Å². The highest BCUT2D eigenvalue weighted by atomic mass is 32.2. The monoisotopic (exact) mass is 310 g/mol. The highest BCUT2D eigenvalue weighted by molar-refractivity contribution is 7.99. The second-order valence-electron chi connectivity index (χ2n) is 4.25. The van der Waals surface area contributed by atoms with E-state index in [1.807, 2.05) is 0 Å². The lowest BCUT2D eigenvalue weighted by Crippen LogP contribution is -2.07. The summed E-state index contributed by atoms with van der Waals surface area (Å²) in [5, 5.41) is 11.9. The first-order valence-electron chi connectivity index (χ1n) is 6.37. The molecule has 1 aromatic carbocycles. The van der Waals surface area contributed by atoms with Crippen LogP contribution >= 0.6 is 11.8 Å². The zero-order valence-corrected chi connectivity index (χ0v) is 12.3. The summed E-state index contributed by atoms with van der Waals surface area (Å²) in [5.41, 5.74) is 0.474. The number of hydrogen-bond acceptors (Lipinski definition) is 6. The molecule has 0 spiro atoms. The third kappa shape index (κ3) is 4.61. The number of aryl methyl sites for hydroxylation is 1. The summed E-state index contributed by atoms with van der Waals surface area (Å²) in [6.45, 7) is 1.26. The van der Waals surface area contributed by atoms with Gasteiger partial charge in [0.25, 0.3) is 0 Å². The summed E-state index contributed by atoms with van der Waals surface area (Å²) in [6, 6.07) is 5.49. The third-order valence-electron chi connectivity index (χ3n) is 2.72. The molecule has 0 atom stereocenters. The Morgan fingerprint density at radius 1 is 1.38 bits per heavy atom. The van der Waals surface area contributed by atoms with Crippen LogP contribution in [-0.2, 0) is 11.3 Å². The zero-order valence-electron chi connectivity index (χ0n) is 11.5. The quantitative estimate of drug-likeness (QED) is 0.421. The number of carbonyl (C=O) groups excluding carboxylic acids is 1. The molecule has 0 bridgehead atoms. The number of benzene rings is 1. The molecule has 2 rings (SSSR count). The number of thioether (sulfide) groups is 1. The van der Waals surface area contributed by atoms with E-state index >= 15 is 0 Å². The van der Waals surface area contributed by atoms with Crippen molar-refractivity contribution in [3.63, 3.8) is 0 Å². The summed E-state index contributed by atoms with van der Waals surface area (Å²) in [7, 11) is 1.64. The van der Waals surface area contributed by atoms with Crippen LogP contribution in [0.25, 0.3) is 0 Å². The Morgan fingerprint density at radius 3 is 2.86 bits per heavy atom. The highest BCUT2D eigenvalue weighted by Gasteiger charge is 2.11. The predicted molar refractivity (Wildman–Crippen MR) is 75.8 cm³/mol. The lowest BCUT2D eigenvalue weighted by molar-refractivity contribution is 0.102. The Morgan fingerprint density at radius 2 is 2.14 bits per heavy atom. The van der Waals surface area contributed by atoms with E-state index in [9.17, 15) is 9.18 Å². The lowest BCUT2D eigenvalue weighted by Gasteiger charge is -2.04. The van der Waals surface area contributed by atoms with Crippen molar-refractivity contribution in [1.29, 1.82) is 0 Å². The van der Waals surface area contributed by atoms with Crippen LogP contribution in [0.4, 0.5) is 4.39 Å². The van der Waals surface area contributed by atoms with Gasteiger partial charge in [0.05, 0.1) is 5.75 Å². The number of tetrazole rings is 1. The van der Waals surface area contributed by atoms with Gasteiger partial charge in [-0.3, -0.25) is 4.79 Å². The number of nitrogens with zero attached hydrogens (tertiary/aromatic N) is 4. The molecule has 6 nitrogen and oxygen atoms in total. The van der Waals surface area contributed by atoms with Gasteiger partial charge in [0.2, 0.25) is 5.16 Å². The minimum Gasteiger partial charge on any atom is -0.385 e. The second kappa shape index (κ2) is 7.84. The SMILES string of the molecule is COCCCn1nnnc1SCC(=O)c1ccc(F)cc1. The zero-order chi connectivity index (χ0) is 15.1. The first-order valence-corrected chi connectivity index (χ1v) is 7.36. The molecule has 112 valence electrons. The van der Waals surface area contributed by atoms with E-state index in [0.29, 0.717) is 23.9 Å². The number of ketones is 1. The van der Waals surface area contributed by atoms with Gasteiger partial charge in [0.1, 0.15) is 5.82 Å². The minimum atomic E-state index is -0.360. The Balaban J connectivity index is 1.89. The Labute approximate surface area is 125 Å². The standard InChI is InChI=1S/C13H15FN4O2S/c1-20-8-2-7-18-13(15-16-17-18)21-9-12(19)10-3-5-11(14)6-4-10/h3-6H,2,7-9H2,1H3. The summed E-state index contributed by atoms with van der Waals surface area (Å²) >= 11 is 1.26. The van der Waals surface area contributed by atoms with Crippen LogP contribution < -0.4 is 0 Å². The van der Waals surface area contributed by atoms with E-state index in [2.05, 4.69) is 15.5 Å². The van der Waals surface area contributed by atoms with Crippen LogP contribution in [0.3, 0.4) is 0 Å². The number of methoxy groups -OCH3 is 1. The molecule has 0 saturated carbocycles. The van der Waals surface area contributed by atoms with Crippen molar-refractivity contribution in [3.05, 3.63) is 35.6 Å². The molecule has 0 aliphatic rings. The number of Topliss-reactive ketones (excluding diaryl/α,β-unsaturated/α-hetero) is 1. The van der Waals surface area contributed by atoms with Gasteiger partial charge in [0, 0.05) is 25.8 Å². The van der Waals surface area contributed by atoms with Gasteiger partial charge in [-0.1, -0.05) is 11.8 Å². The van der Waals surface area contributed by atoms with Crippen molar-refractivity contribution in [1.82, 2.24) is 20.2 Å². The number of hydrogen-bond donors (Lipinski definition) is 0. The fourth-order valence-corrected chi connectivity index (χ4v) is 2.45. The number of ether oxygens (including phenoxy) is 1. The first-order chi connectivity index (χ1) is 10.2. The maximum atomic E-state index is 12.8. The van der Waals surface area contributed by atoms with Gasteiger partial charge >= 0.3 is 0 Å². The molecular formula is C13H15FN4O2S. The van der Waals surface area contributed by atoms with Crippen molar-refractivity contribution < 1.29 is 13.9 Å². The van der Waals surface area contributed by atoms with Crippen LogP contribution in [0.5, 0.6) is 0 Å². The maximum Gasteiger partial charge on any atom is 0.209 e. The number of halogens is 1. The Kier molecular flexibility index (Phi) is 5.82. The maximum absolute atomic E-state index is 12.8. The predicted octanol–water partition coefficient (Wildman–Crippen LogP) is 1.82. The Bertz CT molecular complexity index is 588. The molecule has 0 radical (unpaired) electrons. The third-order valence-corrected chi connectivity index (χ3v) is 3.67. The smallest absolute Gasteiger partial charge is 0.209 e. The summed E-state index contributed by atoms with van der Waals surface area (Å²) in [4.78, 5) is 12.0. The van der Waals surface area contributed by atoms with Gasteiger partial charge in [0.15, 0.2) is 5.78 Å². The molecule has 0 amide bonds. The van der Waals surface area contributed by atoms with Gasteiger partial charge in [-0.25, -0.2) is 9.07 Å². The molecule has 8 heteroatoms. The number of carbonyl (C=O) groups is 1. The van der Waals surface area contributed by atoms with E-state index in [4.69, 9.17) is 4.74 Å². The molecule has 2 aromatic rings. The molecule has 0 saturated heterocycles. The van der Waals surface area contributed by atoms with Gasteiger partial charge in [-0.2, -0.15) is 0 Å². The lowest BCUT2D eigenvalue weighted by atomic mass is 10.1. The summed E-state index contributed by atoms with van der Waals surface area (Å²) < 4.78 is 19.4. The average molecular weight is 310 g/mol. The second-order valence-corrected chi connectivity index (χ2v) is 5.19. The molecular weight excluding hydrogens is 295 g/mol. The topological polar surface area (TPSA) is 69.9 Å². The van der Waals surface area contributed by atoms with Gasteiger partial charge in [-0.15, -0.1) is 5.10 Å². The molecule has 0 aliphatic carbocycles. The van der Waals surface area contributed by atoms with Crippen LogP contribution in [0.2, 0.25) is 0 Å². The van der Waals surface area contributed by atoms with Crippen molar-refractivity contribution in [2.75, 3.05) is 19.5 Å². The van der Waals surface area contributed by atoms with Crippen molar-refractivity contribution >= 4 is 17.5 Å². The summed E-state index contributed by atoms with van der Waals surface area (Å²) in [6.07, 6.45) is 0.793. The van der Waals surface area contributed by atoms with Crippen molar-refractivity contribution in [2.45, 2.75) is 18.1 Å². The minimum absolute atomic E-state index is 0.0913. The van der Waals surface area contributed by atoms with Gasteiger partial charge in [-0.05, 0) is 41.1 Å². The molecule has 0 fully saturated rings. The highest BCUT2D eigenvalue weighted by Crippen LogP contribution is 2.16. The van der Waals surface area contributed by atoms with Crippen LogP contribution in [-0.4, -0.2) is 45.5 Å². The normalized spacial score (nSPS) is 10.8. The molecule has 1 heterocycles. The van der Waals surface area contributed by atoms with Crippen LogP contribution in [0, 0.1) is 5.82 Å². The van der Waals surface area contributed by atoms with E-state index in [0.717, 1.165) is 6.42 Å². The fraction of sp³-hybridized carbons (Fsp3) is 0.385. The van der Waals surface area contributed by atoms with Gasteiger partial charge < -0.3 is 4.74 Å². The summed E-state index contributed by atoms with van der Waals surface area (Å²) in [5.74, 6) is -0.247. The molecule has 0 aliphatic heterocycles. The van der Waals surface area contributed by atoms with E-state index < -0.39 is 0 Å². The molecule has 21 heavy (non-hydrogen) atoms. The molecule has 0 unspecified atom stereocenters.